The highest BCUT2D eigenvalue weighted by molar-refractivity contribution is 6.02. The molecule has 1 aliphatic carbocycles. The van der Waals surface area contributed by atoms with Gasteiger partial charge in [0, 0.05) is 24.9 Å². The van der Waals surface area contributed by atoms with Crippen LogP contribution in [-0.4, -0.2) is 25.7 Å². The highest BCUT2D eigenvalue weighted by Crippen LogP contribution is 2.39. The summed E-state index contributed by atoms with van der Waals surface area (Å²) in [5.74, 6) is 0.914. The van der Waals surface area contributed by atoms with Crippen LogP contribution in [0.3, 0.4) is 0 Å². The SMILES string of the molecule is CCCc1nccnc1NC(=O)c1cc(C2CC2)nn1CC. The third kappa shape index (κ3) is 3.00. The molecule has 0 radical (unpaired) electrons. The molecule has 2 heterocycles. The van der Waals surface area contributed by atoms with Gasteiger partial charge in [0.15, 0.2) is 5.82 Å². The first-order valence-corrected chi connectivity index (χ1v) is 7.91. The zero-order valence-corrected chi connectivity index (χ0v) is 13.0. The van der Waals surface area contributed by atoms with E-state index in [0.29, 0.717) is 24.0 Å². The van der Waals surface area contributed by atoms with Crippen molar-refractivity contribution in [2.45, 2.75) is 52.0 Å². The van der Waals surface area contributed by atoms with Crippen molar-refractivity contribution < 1.29 is 4.79 Å². The second-order valence-electron chi connectivity index (χ2n) is 5.60. The van der Waals surface area contributed by atoms with Crippen LogP contribution >= 0.6 is 0 Å². The van der Waals surface area contributed by atoms with Crippen LogP contribution in [0.25, 0.3) is 0 Å². The van der Waals surface area contributed by atoms with Crippen molar-refractivity contribution in [2.24, 2.45) is 0 Å². The van der Waals surface area contributed by atoms with Gasteiger partial charge in [0.05, 0.1) is 11.4 Å². The van der Waals surface area contributed by atoms with Gasteiger partial charge in [-0.25, -0.2) is 4.98 Å². The van der Waals surface area contributed by atoms with Crippen LogP contribution in [0.15, 0.2) is 18.5 Å². The van der Waals surface area contributed by atoms with E-state index in [4.69, 9.17) is 0 Å². The van der Waals surface area contributed by atoms with E-state index in [1.165, 1.54) is 12.8 Å². The van der Waals surface area contributed by atoms with Crippen LogP contribution < -0.4 is 5.32 Å². The molecule has 0 unspecified atom stereocenters. The Kier molecular flexibility index (Phi) is 4.18. The summed E-state index contributed by atoms with van der Waals surface area (Å²) < 4.78 is 1.76. The van der Waals surface area contributed by atoms with Crippen molar-refractivity contribution in [1.82, 2.24) is 19.7 Å². The normalized spacial score (nSPS) is 14.1. The summed E-state index contributed by atoms with van der Waals surface area (Å²) in [6, 6.07) is 1.91. The van der Waals surface area contributed by atoms with Crippen molar-refractivity contribution in [1.29, 1.82) is 0 Å². The molecule has 0 aliphatic heterocycles. The molecule has 0 atom stereocenters. The van der Waals surface area contributed by atoms with Crippen LogP contribution in [-0.2, 0) is 13.0 Å². The summed E-state index contributed by atoms with van der Waals surface area (Å²) in [7, 11) is 0. The van der Waals surface area contributed by atoms with Gasteiger partial charge in [-0.15, -0.1) is 0 Å². The van der Waals surface area contributed by atoms with Crippen molar-refractivity contribution >= 4 is 11.7 Å². The fourth-order valence-corrected chi connectivity index (χ4v) is 2.50. The number of rotatable bonds is 6. The van der Waals surface area contributed by atoms with Gasteiger partial charge in [0.1, 0.15) is 5.69 Å². The number of anilines is 1. The van der Waals surface area contributed by atoms with Crippen molar-refractivity contribution in [2.75, 3.05) is 5.32 Å². The fourth-order valence-electron chi connectivity index (χ4n) is 2.50. The highest BCUT2D eigenvalue weighted by atomic mass is 16.2. The molecule has 6 nitrogen and oxygen atoms in total. The molecule has 0 bridgehead atoms. The van der Waals surface area contributed by atoms with E-state index in [2.05, 4.69) is 27.3 Å². The molecule has 6 heteroatoms. The number of hydrogen-bond acceptors (Lipinski definition) is 4. The summed E-state index contributed by atoms with van der Waals surface area (Å²) in [5, 5.41) is 7.42. The van der Waals surface area contributed by atoms with E-state index in [9.17, 15) is 4.79 Å². The van der Waals surface area contributed by atoms with Crippen molar-refractivity contribution in [3.05, 3.63) is 35.5 Å². The molecular weight excluding hydrogens is 278 g/mol. The molecule has 116 valence electrons. The summed E-state index contributed by atoms with van der Waals surface area (Å²) in [4.78, 5) is 21.1. The maximum Gasteiger partial charge on any atom is 0.275 e. The second-order valence-corrected chi connectivity index (χ2v) is 5.60. The average Bonchev–Trinajstić information content (AvgIpc) is 3.28. The first kappa shape index (κ1) is 14.7. The van der Waals surface area contributed by atoms with E-state index in [0.717, 1.165) is 24.2 Å². The molecule has 3 rings (SSSR count). The van der Waals surface area contributed by atoms with Gasteiger partial charge in [-0.05, 0) is 32.3 Å². The van der Waals surface area contributed by atoms with E-state index in [-0.39, 0.29) is 5.91 Å². The minimum absolute atomic E-state index is 0.167. The average molecular weight is 299 g/mol. The Morgan fingerprint density at radius 2 is 2.09 bits per heavy atom. The molecule has 1 aliphatic rings. The lowest BCUT2D eigenvalue weighted by atomic mass is 10.2. The third-order valence-electron chi connectivity index (χ3n) is 3.82. The van der Waals surface area contributed by atoms with E-state index < -0.39 is 0 Å². The van der Waals surface area contributed by atoms with Crippen molar-refractivity contribution in [3.8, 4) is 0 Å². The lowest BCUT2D eigenvalue weighted by Gasteiger charge is -2.09. The Hall–Kier alpha value is -2.24. The molecule has 2 aromatic heterocycles. The largest absolute Gasteiger partial charge is 0.304 e. The predicted octanol–water partition coefficient (Wildman–Crippen LogP) is 2.78. The third-order valence-corrected chi connectivity index (χ3v) is 3.82. The zero-order valence-electron chi connectivity index (χ0n) is 13.0. The predicted molar refractivity (Wildman–Crippen MR) is 83.9 cm³/mol. The van der Waals surface area contributed by atoms with Gasteiger partial charge in [-0.2, -0.15) is 5.10 Å². The Morgan fingerprint density at radius 1 is 1.32 bits per heavy atom. The molecule has 0 aromatic carbocycles. The highest BCUT2D eigenvalue weighted by Gasteiger charge is 2.28. The number of nitrogens with one attached hydrogen (secondary N) is 1. The molecule has 2 aromatic rings. The van der Waals surface area contributed by atoms with Gasteiger partial charge in [0.2, 0.25) is 0 Å². The van der Waals surface area contributed by atoms with Gasteiger partial charge in [-0.3, -0.25) is 14.5 Å². The Bertz CT molecular complexity index is 675. The van der Waals surface area contributed by atoms with E-state index in [1.54, 1.807) is 17.1 Å². The molecule has 1 fully saturated rings. The maximum absolute atomic E-state index is 12.6. The topological polar surface area (TPSA) is 72.7 Å². The molecular formula is C16H21N5O. The number of amides is 1. The first-order valence-electron chi connectivity index (χ1n) is 7.91. The lowest BCUT2D eigenvalue weighted by Crippen LogP contribution is -2.19. The number of aromatic nitrogens is 4. The first-order chi connectivity index (χ1) is 10.7. The number of aryl methyl sites for hydroxylation is 2. The standard InChI is InChI=1S/C16H21N5O/c1-3-5-12-15(18-9-8-17-12)19-16(22)14-10-13(11-6-7-11)20-21(14)4-2/h8-11H,3-7H2,1-2H3,(H,18,19,22). The molecule has 1 amide bonds. The number of nitrogens with zero attached hydrogens (tertiary/aromatic N) is 4. The van der Waals surface area contributed by atoms with Crippen LogP contribution in [0, 0.1) is 0 Å². The Morgan fingerprint density at radius 3 is 2.77 bits per heavy atom. The summed E-state index contributed by atoms with van der Waals surface area (Å²) in [5.41, 5.74) is 2.45. The van der Waals surface area contributed by atoms with Crippen LogP contribution in [0.5, 0.6) is 0 Å². The minimum atomic E-state index is -0.167. The Balaban J connectivity index is 1.82. The monoisotopic (exact) mass is 299 g/mol. The zero-order chi connectivity index (χ0) is 15.5. The molecule has 0 spiro atoms. The molecule has 22 heavy (non-hydrogen) atoms. The van der Waals surface area contributed by atoms with Crippen molar-refractivity contribution in [3.63, 3.8) is 0 Å². The second kappa shape index (κ2) is 6.25. The molecule has 1 saturated carbocycles. The summed E-state index contributed by atoms with van der Waals surface area (Å²) in [6.07, 6.45) is 7.35. The number of carbonyl (C=O) groups is 1. The number of hydrogen-bond donors (Lipinski definition) is 1. The van der Waals surface area contributed by atoms with Gasteiger partial charge >= 0.3 is 0 Å². The van der Waals surface area contributed by atoms with Gasteiger partial charge in [0.25, 0.3) is 5.91 Å². The van der Waals surface area contributed by atoms with E-state index in [1.807, 2.05) is 13.0 Å². The Labute approximate surface area is 130 Å². The van der Waals surface area contributed by atoms with Gasteiger partial charge in [-0.1, -0.05) is 13.3 Å². The summed E-state index contributed by atoms with van der Waals surface area (Å²) >= 11 is 0. The molecule has 0 saturated heterocycles. The molecule has 1 N–H and O–H groups in total. The fraction of sp³-hybridized carbons (Fsp3) is 0.500. The minimum Gasteiger partial charge on any atom is -0.304 e. The smallest absolute Gasteiger partial charge is 0.275 e. The van der Waals surface area contributed by atoms with Crippen LogP contribution in [0.2, 0.25) is 0 Å². The van der Waals surface area contributed by atoms with Gasteiger partial charge < -0.3 is 5.32 Å². The van der Waals surface area contributed by atoms with Crippen LogP contribution in [0.4, 0.5) is 5.82 Å². The number of carbonyl (C=O) groups excluding carboxylic acids is 1. The lowest BCUT2D eigenvalue weighted by molar-refractivity contribution is 0.101. The quantitative estimate of drug-likeness (QED) is 0.890. The van der Waals surface area contributed by atoms with Crippen LogP contribution in [0.1, 0.15) is 60.9 Å². The maximum atomic E-state index is 12.6. The summed E-state index contributed by atoms with van der Waals surface area (Å²) in [6.45, 7) is 4.75. The van der Waals surface area contributed by atoms with E-state index >= 15 is 0 Å².